The number of thioether (sulfide) groups is 1. The maximum absolute atomic E-state index is 10.7. The second-order valence-electron chi connectivity index (χ2n) is 2.55. The Morgan fingerprint density at radius 1 is 1.64 bits per heavy atom. The fourth-order valence-corrected chi connectivity index (χ4v) is 2.26. The smallest absolute Gasteiger partial charge is 0.320 e. The van der Waals surface area contributed by atoms with Crippen molar-refractivity contribution >= 4 is 34.3 Å². The number of rotatable bonds is 5. The van der Waals surface area contributed by atoms with Crippen LogP contribution in [0.25, 0.3) is 0 Å². The lowest BCUT2D eigenvalue weighted by Crippen LogP contribution is -2.29. The van der Waals surface area contributed by atoms with Gasteiger partial charge in [0.05, 0.1) is 0 Å². The van der Waals surface area contributed by atoms with Crippen molar-refractivity contribution in [2.45, 2.75) is 19.1 Å². The summed E-state index contributed by atoms with van der Waals surface area (Å²) in [5.74, 6) is -0.903. The van der Waals surface area contributed by atoms with Crippen LogP contribution >= 0.6 is 24.0 Å². The summed E-state index contributed by atoms with van der Waals surface area (Å²) >= 11 is 6.26. The van der Waals surface area contributed by atoms with Crippen molar-refractivity contribution in [2.75, 3.05) is 13.1 Å². The van der Waals surface area contributed by atoms with Gasteiger partial charge in [-0.2, -0.15) is 0 Å². The number of hydrogen-bond donors (Lipinski definition) is 1. The second kappa shape index (κ2) is 6.84. The summed E-state index contributed by atoms with van der Waals surface area (Å²) in [5, 5.41) is 8.13. The molecule has 0 rings (SSSR count). The van der Waals surface area contributed by atoms with Gasteiger partial charge in [-0.15, -0.1) is 6.58 Å². The van der Waals surface area contributed by atoms with Crippen molar-refractivity contribution in [1.82, 2.24) is 4.90 Å². The van der Waals surface area contributed by atoms with E-state index in [0.29, 0.717) is 4.32 Å². The lowest BCUT2D eigenvalue weighted by Gasteiger charge is -2.22. The highest BCUT2D eigenvalue weighted by Gasteiger charge is 2.18. The highest BCUT2D eigenvalue weighted by molar-refractivity contribution is 8.23. The first-order valence-electron chi connectivity index (χ1n) is 4.37. The van der Waals surface area contributed by atoms with Gasteiger partial charge in [0, 0.05) is 13.1 Å². The molecule has 0 heterocycles. The molecule has 0 aromatic heterocycles. The van der Waals surface area contributed by atoms with Crippen LogP contribution in [0.5, 0.6) is 0 Å². The van der Waals surface area contributed by atoms with Crippen molar-refractivity contribution in [3.8, 4) is 0 Å². The first-order chi connectivity index (χ1) is 6.56. The van der Waals surface area contributed by atoms with Crippen LogP contribution in [0.3, 0.4) is 0 Å². The van der Waals surface area contributed by atoms with E-state index < -0.39 is 11.2 Å². The fourth-order valence-electron chi connectivity index (χ4n) is 0.864. The maximum atomic E-state index is 10.7. The Balaban J connectivity index is 4.27. The summed E-state index contributed by atoms with van der Waals surface area (Å²) in [6, 6.07) is 0. The summed E-state index contributed by atoms with van der Waals surface area (Å²) in [6.45, 7) is 9.03. The predicted octanol–water partition coefficient (Wildman–Crippen LogP) is 1.99. The Hall–Kier alpha value is -0.550. The van der Waals surface area contributed by atoms with Crippen molar-refractivity contribution in [1.29, 1.82) is 0 Å². The van der Waals surface area contributed by atoms with Crippen LogP contribution in [0.4, 0.5) is 0 Å². The molecule has 1 N–H and O–H groups in total. The SMILES string of the molecule is C=CC(SC(=S)N(CC)CC)C(=O)O. The summed E-state index contributed by atoms with van der Waals surface area (Å²) in [7, 11) is 0. The van der Waals surface area contributed by atoms with Crippen molar-refractivity contribution in [3.05, 3.63) is 12.7 Å². The minimum atomic E-state index is -0.903. The highest BCUT2D eigenvalue weighted by Crippen LogP contribution is 2.17. The first kappa shape index (κ1) is 13.4. The second-order valence-corrected chi connectivity index (χ2v) is 4.33. The van der Waals surface area contributed by atoms with Crippen LogP contribution in [0, 0.1) is 0 Å². The summed E-state index contributed by atoms with van der Waals surface area (Å²) < 4.78 is 0.613. The van der Waals surface area contributed by atoms with Gasteiger partial charge in [-0.25, -0.2) is 0 Å². The van der Waals surface area contributed by atoms with Gasteiger partial charge in [0.2, 0.25) is 0 Å². The van der Waals surface area contributed by atoms with E-state index in [-0.39, 0.29) is 0 Å². The zero-order valence-corrected chi connectivity index (χ0v) is 10.0. The third-order valence-electron chi connectivity index (χ3n) is 1.71. The maximum Gasteiger partial charge on any atom is 0.320 e. The normalized spacial score (nSPS) is 11.9. The molecule has 0 aliphatic heterocycles. The lowest BCUT2D eigenvalue weighted by atomic mass is 10.4. The van der Waals surface area contributed by atoms with E-state index in [1.165, 1.54) is 6.08 Å². The van der Waals surface area contributed by atoms with Crippen molar-refractivity contribution in [2.24, 2.45) is 0 Å². The topological polar surface area (TPSA) is 40.5 Å². The van der Waals surface area contributed by atoms with Crippen LogP contribution in [-0.2, 0) is 4.79 Å². The van der Waals surface area contributed by atoms with E-state index in [0.717, 1.165) is 24.9 Å². The largest absolute Gasteiger partial charge is 0.480 e. The van der Waals surface area contributed by atoms with Gasteiger partial charge in [0.15, 0.2) is 0 Å². The number of aliphatic carboxylic acids is 1. The molecule has 0 amide bonds. The Kier molecular flexibility index (Phi) is 6.57. The molecular weight excluding hydrogens is 218 g/mol. The van der Waals surface area contributed by atoms with Crippen LogP contribution < -0.4 is 0 Å². The van der Waals surface area contributed by atoms with Gasteiger partial charge in [-0.1, -0.05) is 30.1 Å². The molecule has 80 valence electrons. The third kappa shape index (κ3) is 4.11. The predicted molar refractivity (Wildman–Crippen MR) is 64.7 cm³/mol. The molecule has 1 unspecified atom stereocenters. The fraction of sp³-hybridized carbons (Fsp3) is 0.556. The number of carboxylic acids is 1. The summed E-state index contributed by atoms with van der Waals surface area (Å²) in [5.41, 5.74) is 0. The number of hydrogen-bond acceptors (Lipinski definition) is 3. The monoisotopic (exact) mass is 233 g/mol. The minimum absolute atomic E-state index is 0.613. The van der Waals surface area contributed by atoms with Gasteiger partial charge in [-0.05, 0) is 13.8 Å². The average molecular weight is 233 g/mol. The van der Waals surface area contributed by atoms with Crippen LogP contribution in [0.15, 0.2) is 12.7 Å². The van der Waals surface area contributed by atoms with Crippen molar-refractivity contribution < 1.29 is 9.90 Å². The summed E-state index contributed by atoms with van der Waals surface area (Å²) in [4.78, 5) is 12.6. The number of thiocarbonyl (C=S) groups is 1. The Labute approximate surface area is 94.2 Å². The van der Waals surface area contributed by atoms with Crippen LogP contribution in [0.1, 0.15) is 13.8 Å². The molecule has 1 atom stereocenters. The molecule has 14 heavy (non-hydrogen) atoms. The number of nitrogens with zero attached hydrogens (tertiary/aromatic N) is 1. The van der Waals surface area contributed by atoms with Crippen LogP contribution in [-0.4, -0.2) is 38.6 Å². The third-order valence-corrected chi connectivity index (χ3v) is 3.36. The standard InChI is InChI=1S/C9H15NO2S2/c1-4-7(8(11)12)14-9(13)10(5-2)6-3/h4,7H,1,5-6H2,2-3H3,(H,11,12). The average Bonchev–Trinajstić information content (AvgIpc) is 2.15. The van der Waals surface area contributed by atoms with E-state index >= 15 is 0 Å². The van der Waals surface area contributed by atoms with Gasteiger partial charge in [-0.3, -0.25) is 4.79 Å². The van der Waals surface area contributed by atoms with Gasteiger partial charge in [0.25, 0.3) is 0 Å². The molecule has 0 aromatic rings. The lowest BCUT2D eigenvalue weighted by molar-refractivity contribution is -0.135. The molecule has 0 saturated heterocycles. The molecule has 0 bridgehead atoms. The molecule has 0 saturated carbocycles. The molecule has 0 aliphatic carbocycles. The van der Waals surface area contributed by atoms with Crippen molar-refractivity contribution in [3.63, 3.8) is 0 Å². The number of carboxylic acid groups (broad SMARTS) is 1. The molecule has 0 spiro atoms. The highest BCUT2D eigenvalue weighted by atomic mass is 32.2. The molecule has 0 aromatic carbocycles. The number of carbonyl (C=O) groups is 1. The first-order valence-corrected chi connectivity index (χ1v) is 5.66. The van der Waals surface area contributed by atoms with Gasteiger partial charge < -0.3 is 10.0 Å². The molecular formula is C9H15NO2S2. The van der Waals surface area contributed by atoms with E-state index in [1.54, 1.807) is 0 Å². The summed E-state index contributed by atoms with van der Waals surface area (Å²) in [6.07, 6.45) is 1.39. The quantitative estimate of drug-likeness (QED) is 0.581. The van der Waals surface area contributed by atoms with E-state index in [4.69, 9.17) is 17.3 Å². The van der Waals surface area contributed by atoms with Gasteiger partial charge >= 0.3 is 5.97 Å². The molecule has 0 radical (unpaired) electrons. The van der Waals surface area contributed by atoms with E-state index in [2.05, 4.69) is 6.58 Å². The Morgan fingerprint density at radius 3 is 2.43 bits per heavy atom. The Morgan fingerprint density at radius 2 is 2.14 bits per heavy atom. The zero-order valence-electron chi connectivity index (χ0n) is 8.40. The van der Waals surface area contributed by atoms with E-state index in [9.17, 15) is 4.79 Å². The molecule has 5 heteroatoms. The van der Waals surface area contributed by atoms with E-state index in [1.807, 2.05) is 18.7 Å². The minimum Gasteiger partial charge on any atom is -0.480 e. The Bertz CT molecular complexity index is 227. The molecule has 0 fully saturated rings. The van der Waals surface area contributed by atoms with Crippen LogP contribution in [0.2, 0.25) is 0 Å². The molecule has 0 aliphatic rings. The van der Waals surface area contributed by atoms with Gasteiger partial charge in [0.1, 0.15) is 9.57 Å². The zero-order chi connectivity index (χ0) is 11.1. The molecule has 3 nitrogen and oxygen atoms in total.